The highest BCUT2D eigenvalue weighted by atomic mass is 16.5. The first-order chi connectivity index (χ1) is 10.1. The summed E-state index contributed by atoms with van der Waals surface area (Å²) in [6, 6.07) is 2.00. The molecule has 2 aliphatic rings. The molecule has 1 aliphatic carbocycles. The van der Waals surface area contributed by atoms with Gasteiger partial charge in [-0.15, -0.1) is 0 Å². The second-order valence-corrected chi connectivity index (χ2v) is 6.11. The summed E-state index contributed by atoms with van der Waals surface area (Å²) in [6.07, 6.45) is 5.05. The minimum atomic E-state index is -0.258. The van der Waals surface area contributed by atoms with Gasteiger partial charge >= 0.3 is 5.69 Å². The maximum atomic E-state index is 12.0. The van der Waals surface area contributed by atoms with Crippen LogP contribution in [0.25, 0.3) is 0 Å². The van der Waals surface area contributed by atoms with Crippen LogP contribution in [0.15, 0.2) is 15.7 Å². The Labute approximate surface area is 123 Å². The fraction of sp³-hybridized carbons (Fsp3) is 0.733. The molecule has 0 amide bonds. The van der Waals surface area contributed by atoms with E-state index >= 15 is 0 Å². The zero-order valence-electron chi connectivity index (χ0n) is 12.7. The first-order valence-corrected chi connectivity index (χ1v) is 7.69. The minimum absolute atomic E-state index is 0.235. The Morgan fingerprint density at radius 3 is 2.76 bits per heavy atom. The molecule has 116 valence electrons. The van der Waals surface area contributed by atoms with Crippen LogP contribution in [0.5, 0.6) is 0 Å². The molecule has 2 unspecified atom stereocenters. The zero-order valence-corrected chi connectivity index (χ0v) is 12.7. The van der Waals surface area contributed by atoms with Crippen molar-refractivity contribution in [3.8, 4) is 0 Å². The van der Waals surface area contributed by atoms with Gasteiger partial charge in [0.2, 0.25) is 0 Å². The van der Waals surface area contributed by atoms with E-state index in [0.29, 0.717) is 18.7 Å². The molecule has 6 nitrogen and oxygen atoms in total. The van der Waals surface area contributed by atoms with Crippen molar-refractivity contribution >= 4 is 0 Å². The number of nitrogens with zero attached hydrogens (tertiary/aromatic N) is 3. The molecule has 3 rings (SSSR count). The van der Waals surface area contributed by atoms with E-state index in [1.54, 1.807) is 17.7 Å². The van der Waals surface area contributed by atoms with E-state index in [-0.39, 0.29) is 11.2 Å². The molecule has 1 aromatic rings. The van der Waals surface area contributed by atoms with E-state index in [2.05, 4.69) is 4.90 Å². The van der Waals surface area contributed by atoms with Crippen LogP contribution in [0.2, 0.25) is 0 Å². The van der Waals surface area contributed by atoms with Crippen molar-refractivity contribution in [1.82, 2.24) is 14.0 Å². The van der Waals surface area contributed by atoms with Gasteiger partial charge in [-0.05, 0) is 12.8 Å². The standard InChI is InChI=1S/C15H23N3O3/c1-16-11(9-14(19)17(2)15(16)20)10-18-7-8-21-13-6-4-3-5-12(13)18/h9,12-13H,3-8,10H2,1-2H3. The number of hydrogen-bond donors (Lipinski definition) is 0. The smallest absolute Gasteiger partial charge is 0.330 e. The Morgan fingerprint density at radius 2 is 1.95 bits per heavy atom. The van der Waals surface area contributed by atoms with Gasteiger partial charge in [0.05, 0.1) is 12.7 Å². The molecule has 2 heterocycles. The first kappa shape index (κ1) is 14.5. The molecule has 0 aromatic carbocycles. The fourth-order valence-electron chi connectivity index (χ4n) is 3.51. The Hall–Kier alpha value is -1.40. The lowest BCUT2D eigenvalue weighted by Gasteiger charge is -2.43. The first-order valence-electron chi connectivity index (χ1n) is 7.69. The average molecular weight is 293 g/mol. The molecule has 1 saturated carbocycles. The maximum Gasteiger partial charge on any atom is 0.330 e. The summed E-state index contributed by atoms with van der Waals surface area (Å²) in [5.41, 5.74) is 0.293. The second kappa shape index (κ2) is 5.77. The predicted octanol–water partition coefficient (Wildman–Crippen LogP) is 0.227. The molecule has 0 spiro atoms. The molecule has 0 N–H and O–H groups in total. The van der Waals surface area contributed by atoms with Crippen LogP contribution in [0.4, 0.5) is 0 Å². The van der Waals surface area contributed by atoms with Crippen molar-refractivity contribution in [1.29, 1.82) is 0 Å². The van der Waals surface area contributed by atoms with Gasteiger partial charge in [-0.3, -0.25) is 18.8 Å². The Kier molecular flexibility index (Phi) is 3.99. The molecule has 1 saturated heterocycles. The molecular formula is C15H23N3O3. The molecule has 6 heteroatoms. The van der Waals surface area contributed by atoms with Crippen LogP contribution >= 0.6 is 0 Å². The Morgan fingerprint density at radius 1 is 1.19 bits per heavy atom. The van der Waals surface area contributed by atoms with E-state index in [4.69, 9.17) is 4.74 Å². The van der Waals surface area contributed by atoms with Crippen LogP contribution < -0.4 is 11.2 Å². The normalized spacial score (nSPS) is 26.6. The van der Waals surface area contributed by atoms with Crippen LogP contribution in [0, 0.1) is 0 Å². The quantitative estimate of drug-likeness (QED) is 0.783. The van der Waals surface area contributed by atoms with Gasteiger partial charge in [-0.2, -0.15) is 0 Å². The van der Waals surface area contributed by atoms with Gasteiger partial charge in [0.15, 0.2) is 0 Å². The molecule has 2 fully saturated rings. The third-order valence-corrected chi connectivity index (χ3v) is 4.84. The monoisotopic (exact) mass is 293 g/mol. The van der Waals surface area contributed by atoms with Crippen LogP contribution in [0.3, 0.4) is 0 Å². The number of aromatic nitrogens is 2. The third-order valence-electron chi connectivity index (χ3n) is 4.84. The number of hydrogen-bond acceptors (Lipinski definition) is 4. The molecule has 21 heavy (non-hydrogen) atoms. The summed E-state index contributed by atoms with van der Waals surface area (Å²) in [5.74, 6) is 0. The van der Waals surface area contributed by atoms with Crippen LogP contribution in [0.1, 0.15) is 31.4 Å². The molecule has 1 aromatic heterocycles. The van der Waals surface area contributed by atoms with E-state index < -0.39 is 0 Å². The molecule has 0 radical (unpaired) electrons. The highest BCUT2D eigenvalue weighted by Gasteiger charge is 2.34. The SMILES string of the molecule is Cn1c(CN2CCOC3CCCCC32)cc(=O)n(C)c1=O. The second-order valence-electron chi connectivity index (χ2n) is 6.11. The van der Waals surface area contributed by atoms with Gasteiger partial charge in [0.1, 0.15) is 0 Å². The predicted molar refractivity (Wildman–Crippen MR) is 79.3 cm³/mol. The Balaban J connectivity index is 1.86. The maximum absolute atomic E-state index is 12.0. The van der Waals surface area contributed by atoms with Crippen molar-refractivity contribution in [2.24, 2.45) is 14.1 Å². The number of morpholine rings is 1. The average Bonchev–Trinajstić information content (AvgIpc) is 2.51. The summed E-state index contributed by atoms with van der Waals surface area (Å²) < 4.78 is 8.59. The van der Waals surface area contributed by atoms with Crippen LogP contribution in [-0.4, -0.2) is 39.3 Å². The fourth-order valence-corrected chi connectivity index (χ4v) is 3.51. The number of fused-ring (bicyclic) bond motifs is 1. The van der Waals surface area contributed by atoms with Gasteiger partial charge < -0.3 is 4.74 Å². The lowest BCUT2D eigenvalue weighted by Crippen LogP contribution is -2.52. The van der Waals surface area contributed by atoms with Gasteiger partial charge in [0.25, 0.3) is 5.56 Å². The van der Waals surface area contributed by atoms with E-state index in [1.807, 2.05) is 0 Å². The summed E-state index contributed by atoms with van der Waals surface area (Å²) in [7, 11) is 3.25. The van der Waals surface area contributed by atoms with Crippen molar-refractivity contribution in [2.45, 2.75) is 44.4 Å². The molecule has 2 atom stereocenters. The summed E-state index contributed by atoms with van der Waals surface area (Å²) in [6.45, 7) is 2.25. The molecular weight excluding hydrogens is 270 g/mol. The molecule has 0 bridgehead atoms. The van der Waals surface area contributed by atoms with Crippen molar-refractivity contribution < 1.29 is 4.74 Å². The topological polar surface area (TPSA) is 56.5 Å². The van der Waals surface area contributed by atoms with Crippen molar-refractivity contribution in [3.63, 3.8) is 0 Å². The third kappa shape index (κ3) is 2.70. The van der Waals surface area contributed by atoms with Crippen molar-refractivity contribution in [3.05, 3.63) is 32.6 Å². The summed E-state index contributed by atoms with van der Waals surface area (Å²) in [4.78, 5) is 26.2. The highest BCUT2D eigenvalue weighted by Crippen LogP contribution is 2.29. The van der Waals surface area contributed by atoms with Gasteiger partial charge in [-0.1, -0.05) is 12.8 Å². The number of ether oxygens (including phenoxy) is 1. The summed E-state index contributed by atoms with van der Waals surface area (Å²) in [5, 5.41) is 0. The Bertz CT molecular complexity index is 632. The lowest BCUT2D eigenvalue weighted by atomic mass is 9.90. The number of rotatable bonds is 2. The van der Waals surface area contributed by atoms with Gasteiger partial charge in [0, 0.05) is 45.0 Å². The van der Waals surface area contributed by atoms with E-state index in [1.165, 1.54) is 19.9 Å². The van der Waals surface area contributed by atoms with E-state index in [0.717, 1.165) is 36.3 Å². The minimum Gasteiger partial charge on any atom is -0.375 e. The molecule has 1 aliphatic heterocycles. The summed E-state index contributed by atoms with van der Waals surface area (Å²) >= 11 is 0. The highest BCUT2D eigenvalue weighted by molar-refractivity contribution is 5.03. The largest absolute Gasteiger partial charge is 0.375 e. The van der Waals surface area contributed by atoms with Crippen molar-refractivity contribution in [2.75, 3.05) is 13.2 Å². The van der Waals surface area contributed by atoms with E-state index in [9.17, 15) is 9.59 Å². The van der Waals surface area contributed by atoms with Gasteiger partial charge in [-0.25, -0.2) is 4.79 Å². The van der Waals surface area contributed by atoms with Crippen LogP contribution in [-0.2, 0) is 25.4 Å². The zero-order chi connectivity index (χ0) is 15.0. The lowest BCUT2D eigenvalue weighted by molar-refractivity contribution is -0.0917.